The summed E-state index contributed by atoms with van der Waals surface area (Å²) in [5.41, 5.74) is 3.34. The monoisotopic (exact) mass is 388 g/mol. The van der Waals surface area contributed by atoms with E-state index < -0.39 is 0 Å². The number of anilines is 4. The molecule has 4 rings (SSSR count). The number of carbonyl (C=O) groups excluding carboxylic acids is 1. The van der Waals surface area contributed by atoms with Crippen LogP contribution >= 0.6 is 0 Å². The first-order valence-corrected chi connectivity index (χ1v) is 9.69. The summed E-state index contributed by atoms with van der Waals surface area (Å²) in [4.78, 5) is 16.7. The molecule has 0 spiro atoms. The molecule has 0 aliphatic rings. The van der Waals surface area contributed by atoms with E-state index in [9.17, 15) is 4.79 Å². The molecule has 0 aliphatic heterocycles. The lowest BCUT2D eigenvalue weighted by Gasteiger charge is -2.21. The minimum atomic E-state index is -0.302. The lowest BCUT2D eigenvalue weighted by molar-refractivity contribution is -0.112. The SMILES string of the molecule is O=C(C#CN(c1ccccc1)c1ccccc1)N(c1ccccc1)c1ccccc1. The van der Waals surface area contributed by atoms with Crippen LogP contribution in [0.2, 0.25) is 0 Å². The van der Waals surface area contributed by atoms with E-state index in [1.165, 1.54) is 0 Å². The van der Waals surface area contributed by atoms with Crippen molar-refractivity contribution in [2.75, 3.05) is 9.80 Å². The zero-order valence-corrected chi connectivity index (χ0v) is 16.3. The third-order valence-corrected chi connectivity index (χ3v) is 4.54. The fraction of sp³-hybridized carbons (Fsp3) is 0. The predicted octanol–water partition coefficient (Wildman–Crippen LogP) is 6.15. The largest absolute Gasteiger partial charge is 0.309 e. The lowest BCUT2D eigenvalue weighted by atomic mass is 10.2. The first-order valence-electron chi connectivity index (χ1n) is 9.69. The zero-order chi connectivity index (χ0) is 20.6. The molecule has 0 aliphatic carbocycles. The summed E-state index contributed by atoms with van der Waals surface area (Å²) in [5.74, 6) is 2.54. The molecular formula is C27H20N2O. The second kappa shape index (κ2) is 9.27. The van der Waals surface area contributed by atoms with E-state index in [0.717, 1.165) is 22.7 Å². The van der Waals surface area contributed by atoms with Gasteiger partial charge in [0.15, 0.2) is 0 Å². The summed E-state index contributed by atoms with van der Waals surface area (Å²) in [6, 6.07) is 41.8. The van der Waals surface area contributed by atoms with Crippen molar-refractivity contribution in [3.63, 3.8) is 0 Å². The molecule has 0 atom stereocenters. The molecule has 0 saturated heterocycles. The van der Waals surface area contributed by atoms with Crippen LogP contribution < -0.4 is 9.80 Å². The number of rotatable bonds is 4. The maximum absolute atomic E-state index is 13.2. The standard InChI is InChI=1S/C27H20N2O/c30-27(29(25-17-9-3-10-18-25)26-19-11-4-12-20-26)21-22-28(23-13-5-1-6-14-23)24-15-7-2-8-16-24/h1-20H. The van der Waals surface area contributed by atoms with Crippen LogP contribution in [0.25, 0.3) is 0 Å². The second-order valence-electron chi connectivity index (χ2n) is 6.55. The molecule has 1 amide bonds. The Morgan fingerprint density at radius 3 is 1.20 bits per heavy atom. The van der Waals surface area contributed by atoms with Gasteiger partial charge < -0.3 is 0 Å². The smallest absolute Gasteiger partial charge is 0.270 e. The van der Waals surface area contributed by atoms with Gasteiger partial charge in [-0.2, -0.15) is 0 Å². The van der Waals surface area contributed by atoms with Crippen molar-refractivity contribution in [1.29, 1.82) is 0 Å². The van der Waals surface area contributed by atoms with Crippen molar-refractivity contribution >= 4 is 28.7 Å². The van der Waals surface area contributed by atoms with Gasteiger partial charge in [-0.1, -0.05) is 72.8 Å². The molecule has 0 fully saturated rings. The molecule has 0 saturated carbocycles. The van der Waals surface area contributed by atoms with E-state index in [1.54, 1.807) is 4.90 Å². The third kappa shape index (κ3) is 4.40. The minimum absolute atomic E-state index is 0.302. The Morgan fingerprint density at radius 2 is 0.833 bits per heavy atom. The van der Waals surface area contributed by atoms with Crippen molar-refractivity contribution in [3.8, 4) is 12.0 Å². The first-order chi connectivity index (χ1) is 14.8. The number of amides is 1. The number of benzene rings is 4. The molecule has 3 heteroatoms. The Bertz CT molecular complexity index is 1070. The van der Waals surface area contributed by atoms with E-state index in [4.69, 9.17) is 0 Å². The van der Waals surface area contributed by atoms with Crippen molar-refractivity contribution < 1.29 is 4.79 Å². The Balaban J connectivity index is 1.73. The highest BCUT2D eigenvalue weighted by Gasteiger charge is 2.16. The normalized spacial score (nSPS) is 9.87. The van der Waals surface area contributed by atoms with Crippen LogP contribution in [-0.4, -0.2) is 5.91 Å². The Morgan fingerprint density at radius 1 is 0.500 bits per heavy atom. The van der Waals surface area contributed by atoms with Crippen molar-refractivity contribution in [1.82, 2.24) is 0 Å². The van der Waals surface area contributed by atoms with E-state index >= 15 is 0 Å². The summed E-state index contributed by atoms with van der Waals surface area (Å²) in [7, 11) is 0. The number of hydrogen-bond acceptors (Lipinski definition) is 2. The molecule has 3 nitrogen and oxygen atoms in total. The van der Waals surface area contributed by atoms with Crippen LogP contribution in [0.15, 0.2) is 121 Å². The Labute approximate surface area is 176 Å². The Kier molecular flexibility index (Phi) is 5.89. The third-order valence-electron chi connectivity index (χ3n) is 4.54. The van der Waals surface area contributed by atoms with E-state index in [1.807, 2.05) is 126 Å². The molecule has 0 aromatic heterocycles. The van der Waals surface area contributed by atoms with Gasteiger partial charge in [0.25, 0.3) is 0 Å². The predicted molar refractivity (Wildman–Crippen MR) is 123 cm³/mol. The molecule has 144 valence electrons. The first kappa shape index (κ1) is 19.0. The highest BCUT2D eigenvalue weighted by atomic mass is 16.2. The minimum Gasteiger partial charge on any atom is -0.270 e. The summed E-state index contributed by atoms with van der Waals surface area (Å²) < 4.78 is 0. The maximum atomic E-state index is 13.2. The molecule has 0 bridgehead atoms. The van der Waals surface area contributed by atoms with E-state index in [2.05, 4.69) is 12.0 Å². The van der Waals surface area contributed by atoms with E-state index in [-0.39, 0.29) is 5.91 Å². The molecule has 4 aromatic rings. The van der Waals surface area contributed by atoms with Gasteiger partial charge in [-0.3, -0.25) is 14.6 Å². The number of hydrogen-bond donors (Lipinski definition) is 0. The zero-order valence-electron chi connectivity index (χ0n) is 16.3. The summed E-state index contributed by atoms with van der Waals surface area (Å²) >= 11 is 0. The topological polar surface area (TPSA) is 23.6 Å². The average Bonchev–Trinajstić information content (AvgIpc) is 2.82. The summed E-state index contributed by atoms with van der Waals surface area (Å²) in [6.45, 7) is 0. The lowest BCUT2D eigenvalue weighted by Crippen LogP contribution is -2.24. The molecular weight excluding hydrogens is 368 g/mol. The molecule has 0 heterocycles. The summed E-state index contributed by atoms with van der Waals surface area (Å²) in [5, 5.41) is 0. The second-order valence-corrected chi connectivity index (χ2v) is 6.55. The average molecular weight is 388 g/mol. The van der Waals surface area contributed by atoms with Crippen LogP contribution in [0, 0.1) is 12.0 Å². The van der Waals surface area contributed by atoms with Gasteiger partial charge in [-0.25, -0.2) is 0 Å². The van der Waals surface area contributed by atoms with Gasteiger partial charge in [0, 0.05) is 23.3 Å². The molecule has 0 radical (unpaired) electrons. The van der Waals surface area contributed by atoms with Crippen LogP contribution in [0.5, 0.6) is 0 Å². The van der Waals surface area contributed by atoms with Crippen molar-refractivity contribution in [2.45, 2.75) is 0 Å². The number of nitrogens with zero attached hydrogens (tertiary/aromatic N) is 2. The Hall–Kier alpha value is -4.29. The maximum Gasteiger partial charge on any atom is 0.309 e. The molecule has 4 aromatic carbocycles. The van der Waals surface area contributed by atoms with Crippen LogP contribution in [0.3, 0.4) is 0 Å². The van der Waals surface area contributed by atoms with Gasteiger partial charge in [-0.05, 0) is 48.5 Å². The number of carbonyl (C=O) groups is 1. The molecule has 30 heavy (non-hydrogen) atoms. The van der Waals surface area contributed by atoms with E-state index in [0.29, 0.717) is 0 Å². The summed E-state index contributed by atoms with van der Waals surface area (Å²) in [6.07, 6.45) is 0. The van der Waals surface area contributed by atoms with Gasteiger partial charge in [0.05, 0.1) is 11.4 Å². The van der Waals surface area contributed by atoms with Crippen molar-refractivity contribution in [3.05, 3.63) is 121 Å². The van der Waals surface area contributed by atoms with Crippen LogP contribution in [0.4, 0.5) is 22.7 Å². The quantitative estimate of drug-likeness (QED) is 0.309. The molecule has 0 unspecified atom stereocenters. The fourth-order valence-electron chi connectivity index (χ4n) is 3.13. The van der Waals surface area contributed by atoms with Crippen molar-refractivity contribution in [2.24, 2.45) is 0 Å². The highest BCUT2D eigenvalue weighted by Crippen LogP contribution is 2.26. The van der Waals surface area contributed by atoms with Gasteiger partial charge in [0.2, 0.25) is 0 Å². The highest BCUT2D eigenvalue weighted by molar-refractivity contribution is 6.11. The van der Waals surface area contributed by atoms with Crippen LogP contribution in [0.1, 0.15) is 0 Å². The van der Waals surface area contributed by atoms with Crippen LogP contribution in [-0.2, 0) is 4.79 Å². The number of para-hydroxylation sites is 4. The fourth-order valence-corrected chi connectivity index (χ4v) is 3.13. The van der Waals surface area contributed by atoms with Gasteiger partial charge >= 0.3 is 5.91 Å². The van der Waals surface area contributed by atoms with Gasteiger partial charge in [-0.15, -0.1) is 0 Å². The molecule has 0 N–H and O–H groups in total. The van der Waals surface area contributed by atoms with Gasteiger partial charge in [0.1, 0.15) is 0 Å².